The summed E-state index contributed by atoms with van der Waals surface area (Å²) >= 11 is 0. The molecule has 2 N–H and O–H groups in total. The number of ketones is 1. The molecule has 0 amide bonds. The molecule has 2 saturated heterocycles. The number of nitrogens with zero attached hydrogens (tertiary/aromatic N) is 1. The molecule has 2 aliphatic heterocycles. The largest absolute Gasteiger partial charge is 0.478 e. The maximum Gasteiger partial charge on any atom is 0.338 e. The molecular weight excluding hydrogens is 484 g/mol. The van der Waals surface area contributed by atoms with E-state index in [0.717, 1.165) is 24.8 Å². The minimum Gasteiger partial charge on any atom is -0.478 e. The van der Waals surface area contributed by atoms with Crippen LogP contribution in [0, 0.1) is 23.7 Å². The van der Waals surface area contributed by atoms with Crippen molar-refractivity contribution in [2.24, 2.45) is 23.7 Å². The number of aromatic carboxylic acids is 1. The minimum atomic E-state index is -0.999. The molecule has 3 aromatic rings. The second kappa shape index (κ2) is 10.3. The quantitative estimate of drug-likeness (QED) is 0.363. The molecule has 1 aromatic carbocycles. The number of ether oxygens (including phenoxy) is 2. The van der Waals surface area contributed by atoms with Crippen LogP contribution in [0.2, 0.25) is 0 Å². The Morgan fingerprint density at radius 2 is 1.97 bits per heavy atom. The minimum absolute atomic E-state index is 0.0458. The number of rotatable bonds is 7. The smallest absolute Gasteiger partial charge is 0.338 e. The number of carboxylic acids is 1. The van der Waals surface area contributed by atoms with Gasteiger partial charge in [0, 0.05) is 24.5 Å². The topological polar surface area (TPSA) is 115 Å². The number of benzene rings is 1. The van der Waals surface area contributed by atoms with Gasteiger partial charge in [-0.05, 0) is 54.9 Å². The molecule has 0 saturated carbocycles. The number of oxazole rings is 1. The van der Waals surface area contributed by atoms with Crippen LogP contribution in [-0.4, -0.2) is 44.8 Å². The number of Topliss-reactive ketones (excluding diaryl/α,β-unsaturated/α-hetero) is 1. The number of carbonyl (C=O) groups is 2. The predicted molar refractivity (Wildman–Crippen MR) is 142 cm³/mol. The Balaban J connectivity index is 1.39. The summed E-state index contributed by atoms with van der Waals surface area (Å²) in [4.78, 5) is 32.8. The average Bonchev–Trinajstić information content (AvgIpc) is 3.57. The summed E-state index contributed by atoms with van der Waals surface area (Å²) in [6, 6.07) is 7.23. The molecule has 2 aromatic heterocycles. The highest BCUT2D eigenvalue weighted by Crippen LogP contribution is 2.48. The zero-order valence-corrected chi connectivity index (χ0v) is 22.8. The zero-order chi connectivity index (χ0) is 27.2. The Hall–Kier alpha value is -2.97. The average molecular weight is 523 g/mol. The third-order valence-corrected chi connectivity index (χ3v) is 8.74. The van der Waals surface area contributed by atoms with Gasteiger partial charge in [-0.1, -0.05) is 40.7 Å². The molecule has 7 atom stereocenters. The first-order chi connectivity index (χ1) is 18.1. The predicted octanol–water partition coefficient (Wildman–Crippen LogP) is 6.05. The van der Waals surface area contributed by atoms with Gasteiger partial charge < -0.3 is 24.0 Å². The molecule has 204 valence electrons. The third-order valence-electron chi connectivity index (χ3n) is 8.74. The monoisotopic (exact) mass is 522 g/mol. The van der Waals surface area contributed by atoms with Crippen molar-refractivity contribution in [3.63, 3.8) is 0 Å². The SMILES string of the molecule is CCc1ccc2oc(CC3OC4(CCC3C)OC(C(C)C(=O)c3ccc[nH]3)C(C)CC4C)nc2c1C(=O)O. The maximum atomic E-state index is 13.2. The lowest BCUT2D eigenvalue weighted by molar-refractivity contribution is -0.355. The number of carboxylic acid groups (broad SMARTS) is 1. The molecule has 8 heteroatoms. The molecular formula is C30H38N2O6. The van der Waals surface area contributed by atoms with E-state index < -0.39 is 11.8 Å². The molecule has 38 heavy (non-hydrogen) atoms. The lowest BCUT2D eigenvalue weighted by Gasteiger charge is -2.53. The fourth-order valence-corrected chi connectivity index (χ4v) is 6.42. The maximum absolute atomic E-state index is 13.2. The van der Waals surface area contributed by atoms with Crippen molar-refractivity contribution in [2.75, 3.05) is 0 Å². The van der Waals surface area contributed by atoms with Gasteiger partial charge in [0.15, 0.2) is 23.0 Å². The number of nitrogens with one attached hydrogen (secondary N) is 1. The lowest BCUT2D eigenvalue weighted by atomic mass is 9.75. The van der Waals surface area contributed by atoms with Gasteiger partial charge in [0.2, 0.25) is 0 Å². The van der Waals surface area contributed by atoms with Crippen LogP contribution in [0.15, 0.2) is 34.9 Å². The lowest BCUT2D eigenvalue weighted by Crippen LogP contribution is -2.58. The summed E-state index contributed by atoms with van der Waals surface area (Å²) in [5.74, 6) is -0.970. The molecule has 0 bridgehead atoms. The number of carbonyl (C=O) groups excluding carboxylic acids is 1. The summed E-state index contributed by atoms with van der Waals surface area (Å²) in [6.07, 6.45) is 4.89. The van der Waals surface area contributed by atoms with Gasteiger partial charge in [0.25, 0.3) is 0 Å². The molecule has 0 aliphatic carbocycles. The highest BCUT2D eigenvalue weighted by molar-refractivity contribution is 6.02. The van der Waals surface area contributed by atoms with Crippen LogP contribution in [0.3, 0.4) is 0 Å². The van der Waals surface area contributed by atoms with E-state index in [0.29, 0.717) is 35.5 Å². The Morgan fingerprint density at radius 1 is 1.18 bits per heavy atom. The van der Waals surface area contributed by atoms with E-state index in [1.807, 2.05) is 19.9 Å². The summed E-state index contributed by atoms with van der Waals surface area (Å²) in [5.41, 5.74) is 2.40. The van der Waals surface area contributed by atoms with E-state index >= 15 is 0 Å². The molecule has 4 heterocycles. The van der Waals surface area contributed by atoms with Crippen molar-refractivity contribution >= 4 is 22.9 Å². The Labute approximate surface area is 223 Å². The van der Waals surface area contributed by atoms with E-state index in [-0.39, 0.29) is 47.2 Å². The van der Waals surface area contributed by atoms with Crippen LogP contribution in [0.1, 0.15) is 86.2 Å². The number of aromatic amines is 1. The normalized spacial score (nSPS) is 30.5. The highest BCUT2D eigenvalue weighted by Gasteiger charge is 2.52. The van der Waals surface area contributed by atoms with Gasteiger partial charge in [0.05, 0.1) is 29.9 Å². The Morgan fingerprint density at radius 3 is 2.66 bits per heavy atom. The standard InChI is InChI=1S/C30H38N2O6/c1-6-20-9-10-22-26(25(20)29(34)35)32-24(36-22)15-23-16(2)11-12-30(37-23)18(4)14-17(3)28(38-30)19(5)27(33)21-8-7-13-31-21/h7-10,13,16-19,23,28,31H,6,11-12,14-15H2,1-5H3,(H,34,35). The zero-order valence-electron chi connectivity index (χ0n) is 22.8. The Kier molecular flexibility index (Phi) is 7.22. The highest BCUT2D eigenvalue weighted by atomic mass is 16.7. The van der Waals surface area contributed by atoms with Gasteiger partial charge in [-0.15, -0.1) is 0 Å². The van der Waals surface area contributed by atoms with Gasteiger partial charge in [-0.25, -0.2) is 9.78 Å². The van der Waals surface area contributed by atoms with Gasteiger partial charge >= 0.3 is 5.97 Å². The molecule has 1 spiro atoms. The van der Waals surface area contributed by atoms with Crippen LogP contribution < -0.4 is 0 Å². The molecule has 2 aliphatic rings. The fourth-order valence-electron chi connectivity index (χ4n) is 6.42. The number of fused-ring (bicyclic) bond motifs is 1. The molecule has 8 nitrogen and oxygen atoms in total. The summed E-state index contributed by atoms with van der Waals surface area (Å²) in [6.45, 7) is 10.3. The number of aryl methyl sites for hydroxylation is 1. The summed E-state index contributed by atoms with van der Waals surface area (Å²) < 4.78 is 19.6. The number of H-pyrrole nitrogens is 1. The second-order valence-electron chi connectivity index (χ2n) is 11.3. The second-order valence-corrected chi connectivity index (χ2v) is 11.3. The third kappa shape index (κ3) is 4.69. The Bertz CT molecular complexity index is 1310. The summed E-state index contributed by atoms with van der Waals surface area (Å²) in [5, 5.41) is 9.80. The van der Waals surface area contributed by atoms with Crippen molar-refractivity contribution in [3.8, 4) is 0 Å². The van der Waals surface area contributed by atoms with Crippen LogP contribution in [-0.2, 0) is 22.3 Å². The van der Waals surface area contributed by atoms with E-state index in [1.165, 1.54) is 0 Å². The first-order valence-corrected chi connectivity index (χ1v) is 13.8. The molecule has 5 rings (SSSR count). The van der Waals surface area contributed by atoms with E-state index in [2.05, 4.69) is 30.7 Å². The summed E-state index contributed by atoms with van der Waals surface area (Å²) in [7, 11) is 0. The first kappa shape index (κ1) is 26.6. The molecule has 0 radical (unpaired) electrons. The molecule has 2 fully saturated rings. The number of hydrogen-bond acceptors (Lipinski definition) is 6. The van der Waals surface area contributed by atoms with Crippen LogP contribution in [0.4, 0.5) is 0 Å². The van der Waals surface area contributed by atoms with Gasteiger partial charge in [-0.2, -0.15) is 0 Å². The van der Waals surface area contributed by atoms with E-state index in [4.69, 9.17) is 13.9 Å². The fraction of sp³-hybridized carbons (Fsp3) is 0.567. The van der Waals surface area contributed by atoms with Crippen LogP contribution in [0.25, 0.3) is 11.1 Å². The number of hydrogen-bond donors (Lipinski definition) is 2. The number of aromatic nitrogens is 2. The first-order valence-electron chi connectivity index (χ1n) is 13.8. The van der Waals surface area contributed by atoms with Gasteiger partial charge in [-0.3, -0.25) is 4.79 Å². The van der Waals surface area contributed by atoms with Crippen molar-refractivity contribution < 1.29 is 28.6 Å². The van der Waals surface area contributed by atoms with E-state index in [9.17, 15) is 14.7 Å². The van der Waals surface area contributed by atoms with Gasteiger partial charge in [0.1, 0.15) is 5.52 Å². The van der Waals surface area contributed by atoms with Crippen molar-refractivity contribution in [3.05, 3.63) is 53.2 Å². The van der Waals surface area contributed by atoms with Crippen LogP contribution >= 0.6 is 0 Å². The van der Waals surface area contributed by atoms with Crippen molar-refractivity contribution in [2.45, 2.75) is 84.7 Å². The van der Waals surface area contributed by atoms with E-state index in [1.54, 1.807) is 24.4 Å². The van der Waals surface area contributed by atoms with Crippen molar-refractivity contribution in [1.82, 2.24) is 9.97 Å². The van der Waals surface area contributed by atoms with Crippen LogP contribution in [0.5, 0.6) is 0 Å². The molecule has 7 unspecified atom stereocenters. The van der Waals surface area contributed by atoms with Crippen molar-refractivity contribution in [1.29, 1.82) is 0 Å².